The summed E-state index contributed by atoms with van der Waals surface area (Å²) in [5.41, 5.74) is 0.694. The SMILES string of the molecule is CC(C)C(NC(=O)c1ccc(=O)n(C)n1)c1ccc(F)cc1. The molecule has 2 rings (SSSR count). The van der Waals surface area contributed by atoms with Crippen molar-refractivity contribution in [1.29, 1.82) is 0 Å². The van der Waals surface area contributed by atoms with E-state index in [2.05, 4.69) is 10.4 Å². The first kappa shape index (κ1) is 15.9. The lowest BCUT2D eigenvalue weighted by Gasteiger charge is -2.22. The molecule has 0 bridgehead atoms. The molecule has 116 valence electrons. The molecule has 0 saturated heterocycles. The van der Waals surface area contributed by atoms with Gasteiger partial charge < -0.3 is 5.32 Å². The number of aryl methyl sites for hydroxylation is 1. The minimum atomic E-state index is -0.376. The van der Waals surface area contributed by atoms with E-state index in [4.69, 9.17) is 0 Å². The molecule has 0 radical (unpaired) electrons. The van der Waals surface area contributed by atoms with Gasteiger partial charge in [0.2, 0.25) is 0 Å². The number of hydrogen-bond donors (Lipinski definition) is 1. The lowest BCUT2D eigenvalue weighted by Crippen LogP contribution is -2.33. The number of halogens is 1. The zero-order valence-corrected chi connectivity index (χ0v) is 12.7. The Labute approximate surface area is 127 Å². The number of aromatic nitrogens is 2. The molecule has 1 aromatic heterocycles. The third-order valence-corrected chi connectivity index (χ3v) is 3.38. The molecule has 6 heteroatoms. The highest BCUT2D eigenvalue weighted by Gasteiger charge is 2.20. The minimum Gasteiger partial charge on any atom is -0.344 e. The number of carbonyl (C=O) groups excluding carboxylic acids is 1. The number of carbonyl (C=O) groups is 1. The molecule has 5 nitrogen and oxygen atoms in total. The van der Waals surface area contributed by atoms with Crippen LogP contribution < -0.4 is 10.9 Å². The number of nitrogens with zero attached hydrogens (tertiary/aromatic N) is 2. The van der Waals surface area contributed by atoms with E-state index in [1.165, 1.54) is 31.3 Å². The minimum absolute atomic E-state index is 0.113. The van der Waals surface area contributed by atoms with Crippen LogP contribution in [0.15, 0.2) is 41.2 Å². The molecule has 0 saturated carbocycles. The van der Waals surface area contributed by atoms with Crippen molar-refractivity contribution in [2.45, 2.75) is 19.9 Å². The number of amides is 1. The van der Waals surface area contributed by atoms with Crippen LogP contribution in [0.1, 0.15) is 35.9 Å². The molecule has 22 heavy (non-hydrogen) atoms. The highest BCUT2D eigenvalue weighted by molar-refractivity contribution is 5.92. The van der Waals surface area contributed by atoms with E-state index >= 15 is 0 Å². The van der Waals surface area contributed by atoms with E-state index in [0.717, 1.165) is 10.2 Å². The zero-order valence-electron chi connectivity index (χ0n) is 12.7. The fourth-order valence-electron chi connectivity index (χ4n) is 2.14. The van der Waals surface area contributed by atoms with Gasteiger partial charge in [0, 0.05) is 13.1 Å². The highest BCUT2D eigenvalue weighted by atomic mass is 19.1. The average Bonchev–Trinajstić information content (AvgIpc) is 2.48. The summed E-state index contributed by atoms with van der Waals surface area (Å²) in [6, 6.07) is 8.43. The van der Waals surface area contributed by atoms with Crippen molar-refractivity contribution in [3.8, 4) is 0 Å². The van der Waals surface area contributed by atoms with Crippen molar-refractivity contribution in [3.63, 3.8) is 0 Å². The molecule has 1 amide bonds. The van der Waals surface area contributed by atoms with Gasteiger partial charge in [-0.25, -0.2) is 9.07 Å². The number of hydrogen-bond acceptors (Lipinski definition) is 3. The Morgan fingerprint density at radius 3 is 2.36 bits per heavy atom. The number of nitrogens with one attached hydrogen (secondary N) is 1. The van der Waals surface area contributed by atoms with Gasteiger partial charge in [-0.2, -0.15) is 5.10 Å². The van der Waals surface area contributed by atoms with Gasteiger partial charge in [-0.1, -0.05) is 26.0 Å². The van der Waals surface area contributed by atoms with Gasteiger partial charge in [0.15, 0.2) is 0 Å². The Balaban J connectivity index is 2.23. The van der Waals surface area contributed by atoms with Gasteiger partial charge in [0.1, 0.15) is 11.5 Å². The lowest BCUT2D eigenvalue weighted by molar-refractivity contribution is 0.0918. The zero-order chi connectivity index (χ0) is 16.3. The normalized spacial score (nSPS) is 12.2. The van der Waals surface area contributed by atoms with Crippen LogP contribution in [0.5, 0.6) is 0 Å². The molecule has 1 atom stereocenters. The van der Waals surface area contributed by atoms with Gasteiger partial charge >= 0.3 is 0 Å². The first-order chi connectivity index (χ1) is 10.4. The van der Waals surface area contributed by atoms with Gasteiger partial charge in [-0.15, -0.1) is 0 Å². The molecule has 2 aromatic rings. The largest absolute Gasteiger partial charge is 0.344 e. The topological polar surface area (TPSA) is 64.0 Å². The Hall–Kier alpha value is -2.50. The van der Waals surface area contributed by atoms with Gasteiger partial charge in [0.25, 0.3) is 11.5 Å². The van der Waals surface area contributed by atoms with Crippen molar-refractivity contribution in [2.75, 3.05) is 0 Å². The standard InChI is InChI=1S/C16H18FN3O2/c1-10(2)15(11-4-6-12(17)7-5-11)18-16(22)13-8-9-14(21)20(3)19-13/h4-10,15H,1-3H3,(H,18,22). The molecule has 0 aliphatic carbocycles. The number of benzene rings is 1. The van der Waals surface area contributed by atoms with Crippen molar-refractivity contribution in [3.05, 3.63) is 63.8 Å². The Morgan fingerprint density at radius 1 is 1.18 bits per heavy atom. The fourth-order valence-corrected chi connectivity index (χ4v) is 2.14. The molecule has 1 unspecified atom stereocenters. The lowest BCUT2D eigenvalue weighted by atomic mass is 9.96. The summed E-state index contributed by atoms with van der Waals surface area (Å²) < 4.78 is 14.1. The second-order valence-electron chi connectivity index (χ2n) is 5.43. The second-order valence-corrected chi connectivity index (χ2v) is 5.43. The molecular formula is C16H18FN3O2. The van der Waals surface area contributed by atoms with E-state index in [1.54, 1.807) is 12.1 Å². The molecular weight excluding hydrogens is 285 g/mol. The quantitative estimate of drug-likeness (QED) is 0.940. The van der Waals surface area contributed by atoms with Crippen molar-refractivity contribution < 1.29 is 9.18 Å². The molecule has 1 aromatic carbocycles. The van der Waals surface area contributed by atoms with Crippen LogP contribution in [-0.4, -0.2) is 15.7 Å². The van der Waals surface area contributed by atoms with Crippen LogP contribution in [0.2, 0.25) is 0 Å². The molecule has 1 N–H and O–H groups in total. The molecule has 1 heterocycles. The van der Waals surface area contributed by atoms with Crippen molar-refractivity contribution in [2.24, 2.45) is 13.0 Å². The van der Waals surface area contributed by atoms with E-state index < -0.39 is 0 Å². The Kier molecular flexibility index (Phi) is 4.70. The Morgan fingerprint density at radius 2 is 1.82 bits per heavy atom. The maximum atomic E-state index is 13.0. The molecule has 0 aliphatic rings. The van der Waals surface area contributed by atoms with Crippen molar-refractivity contribution in [1.82, 2.24) is 15.1 Å². The van der Waals surface area contributed by atoms with E-state index in [9.17, 15) is 14.0 Å². The van der Waals surface area contributed by atoms with Crippen LogP contribution in [-0.2, 0) is 7.05 Å². The number of rotatable bonds is 4. The molecule has 0 spiro atoms. The predicted molar refractivity (Wildman–Crippen MR) is 80.9 cm³/mol. The van der Waals surface area contributed by atoms with Gasteiger partial charge in [0.05, 0.1) is 6.04 Å². The van der Waals surface area contributed by atoms with Crippen molar-refractivity contribution >= 4 is 5.91 Å². The smallest absolute Gasteiger partial charge is 0.272 e. The summed E-state index contributed by atoms with van der Waals surface area (Å²) in [6.45, 7) is 3.92. The van der Waals surface area contributed by atoms with Crippen LogP contribution in [0, 0.1) is 11.7 Å². The maximum absolute atomic E-state index is 13.0. The monoisotopic (exact) mass is 303 g/mol. The maximum Gasteiger partial charge on any atom is 0.272 e. The fraction of sp³-hybridized carbons (Fsp3) is 0.312. The van der Waals surface area contributed by atoms with Crippen LogP contribution in [0.3, 0.4) is 0 Å². The van der Waals surface area contributed by atoms with E-state index in [-0.39, 0.29) is 34.9 Å². The third-order valence-electron chi connectivity index (χ3n) is 3.38. The first-order valence-corrected chi connectivity index (χ1v) is 6.99. The second kappa shape index (κ2) is 6.51. The van der Waals surface area contributed by atoms with Crippen LogP contribution >= 0.6 is 0 Å². The summed E-state index contributed by atoms with van der Waals surface area (Å²) >= 11 is 0. The summed E-state index contributed by atoms with van der Waals surface area (Å²) in [6.07, 6.45) is 0. The summed E-state index contributed by atoms with van der Waals surface area (Å²) in [7, 11) is 1.49. The molecule has 0 aliphatic heterocycles. The highest BCUT2D eigenvalue weighted by Crippen LogP contribution is 2.22. The first-order valence-electron chi connectivity index (χ1n) is 6.99. The third kappa shape index (κ3) is 3.58. The van der Waals surface area contributed by atoms with E-state index in [1.807, 2.05) is 13.8 Å². The van der Waals surface area contributed by atoms with Gasteiger partial charge in [-0.3, -0.25) is 9.59 Å². The molecule has 0 fully saturated rings. The van der Waals surface area contributed by atoms with E-state index in [0.29, 0.717) is 0 Å². The summed E-state index contributed by atoms with van der Waals surface area (Å²) in [5.74, 6) is -0.585. The average molecular weight is 303 g/mol. The van der Waals surface area contributed by atoms with Gasteiger partial charge in [-0.05, 0) is 29.7 Å². The summed E-state index contributed by atoms with van der Waals surface area (Å²) in [4.78, 5) is 23.6. The van der Waals surface area contributed by atoms with Crippen LogP contribution in [0.25, 0.3) is 0 Å². The van der Waals surface area contributed by atoms with Crippen LogP contribution in [0.4, 0.5) is 4.39 Å². The Bertz CT molecular complexity index is 723. The predicted octanol–water partition coefficient (Wildman–Crippen LogP) is 2.05. The summed E-state index contributed by atoms with van der Waals surface area (Å²) in [5, 5.41) is 6.80.